The number of sulfonamides is 1. The molecule has 6 rings (SSSR count). The molecule has 0 bridgehead atoms. The van der Waals surface area contributed by atoms with Crippen LogP contribution < -0.4 is 24.6 Å². The number of aliphatic hydroxyl groups is 1. The van der Waals surface area contributed by atoms with Crippen molar-refractivity contribution >= 4 is 44.6 Å². The van der Waals surface area contributed by atoms with Crippen LogP contribution in [0.25, 0.3) is 0 Å². The molecular weight excluding hydrogens is 594 g/mol. The summed E-state index contributed by atoms with van der Waals surface area (Å²) < 4.78 is 61.1. The standard InChI is InChI=1S/C31H38F2N4O6S/c1-36-26-23(30(28(36)40)7-9-31(32,33)10-8-30)17-21(19-25(26)43-2)34-27(39)22-4-3-20(35-44(41,42)16-15-38)18-24(22)37-13-11-29(5-6-29)12-14-37/h3-4,17-19,35,38H,5-16H2,1-2H3,(H,34,39). The summed E-state index contributed by atoms with van der Waals surface area (Å²) >= 11 is 0. The molecule has 1 saturated heterocycles. The molecule has 2 aliphatic heterocycles. The van der Waals surface area contributed by atoms with Gasteiger partial charge in [0.05, 0.1) is 47.5 Å². The molecule has 0 unspecified atom stereocenters. The number of amides is 2. The summed E-state index contributed by atoms with van der Waals surface area (Å²) in [6.07, 6.45) is 3.55. The number of alkyl halides is 2. The molecular formula is C31H38F2N4O6S. The highest BCUT2D eigenvalue weighted by Crippen LogP contribution is 2.56. The van der Waals surface area contributed by atoms with Crippen molar-refractivity contribution < 1.29 is 36.6 Å². The van der Waals surface area contributed by atoms with Gasteiger partial charge in [-0.3, -0.25) is 14.3 Å². The van der Waals surface area contributed by atoms with E-state index in [0.717, 1.165) is 25.9 Å². The Morgan fingerprint density at radius 1 is 1.00 bits per heavy atom. The largest absolute Gasteiger partial charge is 0.494 e. The van der Waals surface area contributed by atoms with Gasteiger partial charge in [-0.2, -0.15) is 0 Å². The Morgan fingerprint density at radius 2 is 1.68 bits per heavy atom. The molecule has 2 aromatic rings. The van der Waals surface area contributed by atoms with Crippen molar-refractivity contribution in [2.75, 3.05) is 59.4 Å². The van der Waals surface area contributed by atoms with Gasteiger partial charge in [0.15, 0.2) is 0 Å². The normalized spacial score (nSPS) is 21.3. The van der Waals surface area contributed by atoms with Crippen LogP contribution in [0, 0.1) is 5.41 Å². The molecule has 2 aliphatic carbocycles. The number of fused-ring (bicyclic) bond motifs is 2. The van der Waals surface area contributed by atoms with E-state index in [1.807, 2.05) is 0 Å². The predicted octanol–water partition coefficient (Wildman–Crippen LogP) is 4.49. The molecule has 0 radical (unpaired) electrons. The average molecular weight is 633 g/mol. The van der Waals surface area contributed by atoms with Crippen molar-refractivity contribution in [1.29, 1.82) is 0 Å². The van der Waals surface area contributed by atoms with E-state index in [1.54, 1.807) is 31.3 Å². The Balaban J connectivity index is 1.33. The number of hydrogen-bond donors (Lipinski definition) is 3. The smallest absolute Gasteiger partial charge is 0.257 e. The zero-order valence-electron chi connectivity index (χ0n) is 24.9. The first-order valence-corrected chi connectivity index (χ1v) is 16.7. The number of ether oxygens (including phenoxy) is 1. The van der Waals surface area contributed by atoms with Crippen molar-refractivity contribution in [3.8, 4) is 5.75 Å². The van der Waals surface area contributed by atoms with Crippen LogP contribution >= 0.6 is 0 Å². The molecule has 0 atom stereocenters. The number of anilines is 4. The average Bonchev–Trinajstić information content (AvgIpc) is 3.70. The van der Waals surface area contributed by atoms with Crippen LogP contribution in [0.2, 0.25) is 0 Å². The zero-order chi connectivity index (χ0) is 31.5. The van der Waals surface area contributed by atoms with E-state index in [2.05, 4.69) is 14.9 Å². The minimum Gasteiger partial charge on any atom is -0.494 e. The van der Waals surface area contributed by atoms with Crippen molar-refractivity contribution in [3.63, 3.8) is 0 Å². The molecule has 2 heterocycles. The third-order valence-corrected chi connectivity index (χ3v) is 11.2. The fraction of sp³-hybridized carbons (Fsp3) is 0.548. The van der Waals surface area contributed by atoms with Gasteiger partial charge in [0.1, 0.15) is 5.75 Å². The maximum atomic E-state index is 14.2. The van der Waals surface area contributed by atoms with Crippen LogP contribution in [-0.2, 0) is 20.2 Å². The lowest BCUT2D eigenvalue weighted by atomic mass is 9.69. The molecule has 0 aromatic heterocycles. The van der Waals surface area contributed by atoms with Gasteiger partial charge in [0.25, 0.3) is 5.91 Å². The first kappa shape index (κ1) is 30.6. The number of piperidine rings is 1. The molecule has 2 saturated carbocycles. The van der Waals surface area contributed by atoms with Gasteiger partial charge in [-0.25, -0.2) is 17.2 Å². The van der Waals surface area contributed by atoms with Crippen LogP contribution in [0.5, 0.6) is 5.75 Å². The quantitative estimate of drug-likeness (QED) is 0.392. The van der Waals surface area contributed by atoms with Gasteiger partial charge in [-0.1, -0.05) is 0 Å². The van der Waals surface area contributed by atoms with E-state index >= 15 is 0 Å². The van der Waals surface area contributed by atoms with Crippen LogP contribution in [0.4, 0.5) is 31.5 Å². The SMILES string of the molecule is COc1cc(NC(=O)c2ccc(NS(=O)(=O)CCO)cc2N2CCC3(CC2)CC3)cc2c1N(C)C(=O)C21CCC(F)(F)CC1. The van der Waals surface area contributed by atoms with Crippen molar-refractivity contribution in [1.82, 2.24) is 0 Å². The number of methoxy groups -OCH3 is 1. The molecule has 238 valence electrons. The second-order valence-electron chi connectivity index (χ2n) is 12.7. The number of nitrogens with one attached hydrogen (secondary N) is 2. The van der Waals surface area contributed by atoms with Crippen LogP contribution in [0.3, 0.4) is 0 Å². The molecule has 4 aliphatic rings. The Hall–Kier alpha value is -3.45. The van der Waals surface area contributed by atoms with E-state index in [9.17, 15) is 26.8 Å². The van der Waals surface area contributed by atoms with E-state index in [4.69, 9.17) is 9.84 Å². The summed E-state index contributed by atoms with van der Waals surface area (Å²) in [7, 11) is -0.714. The van der Waals surface area contributed by atoms with Gasteiger partial charge in [0, 0.05) is 44.7 Å². The Kier molecular flexibility index (Phi) is 7.55. The number of carbonyl (C=O) groups is 2. The lowest BCUT2D eigenvalue weighted by molar-refractivity contribution is -0.127. The second kappa shape index (κ2) is 10.9. The summed E-state index contributed by atoms with van der Waals surface area (Å²) in [6.45, 7) is 0.926. The molecule has 2 amide bonds. The number of likely N-dealkylation sites (N-methyl/N-ethyl adjacent to an activating group) is 1. The minimum absolute atomic E-state index is 0.00895. The van der Waals surface area contributed by atoms with Gasteiger partial charge in [-0.05, 0) is 73.8 Å². The highest BCUT2D eigenvalue weighted by Gasteiger charge is 2.55. The molecule has 3 N–H and O–H groups in total. The van der Waals surface area contributed by atoms with E-state index in [1.165, 1.54) is 30.9 Å². The summed E-state index contributed by atoms with van der Waals surface area (Å²) in [5, 5.41) is 12.1. The van der Waals surface area contributed by atoms with Gasteiger partial charge in [0.2, 0.25) is 21.9 Å². The number of aliphatic hydroxyl groups excluding tert-OH is 1. The predicted molar refractivity (Wildman–Crippen MR) is 164 cm³/mol. The monoisotopic (exact) mass is 632 g/mol. The Bertz CT molecular complexity index is 1590. The molecule has 3 fully saturated rings. The summed E-state index contributed by atoms with van der Waals surface area (Å²) in [5.74, 6) is -3.63. The van der Waals surface area contributed by atoms with E-state index in [0.29, 0.717) is 39.4 Å². The number of nitrogens with zero attached hydrogens (tertiary/aromatic N) is 2. The second-order valence-corrected chi connectivity index (χ2v) is 14.5. The van der Waals surface area contributed by atoms with E-state index in [-0.39, 0.29) is 24.4 Å². The molecule has 13 heteroatoms. The van der Waals surface area contributed by atoms with Crippen molar-refractivity contribution in [3.05, 3.63) is 41.5 Å². The Labute approximate surface area is 255 Å². The first-order chi connectivity index (χ1) is 20.8. The number of halogens is 2. The lowest BCUT2D eigenvalue weighted by Gasteiger charge is -2.36. The lowest BCUT2D eigenvalue weighted by Crippen LogP contribution is -2.44. The number of benzene rings is 2. The zero-order valence-corrected chi connectivity index (χ0v) is 25.7. The number of rotatable bonds is 8. The molecule has 2 spiro atoms. The summed E-state index contributed by atoms with van der Waals surface area (Å²) in [5.41, 5.74) is 1.90. The van der Waals surface area contributed by atoms with Crippen LogP contribution in [0.1, 0.15) is 67.3 Å². The fourth-order valence-electron chi connectivity index (χ4n) is 7.11. The first-order valence-electron chi connectivity index (χ1n) is 15.0. The van der Waals surface area contributed by atoms with Crippen LogP contribution in [0.15, 0.2) is 30.3 Å². The van der Waals surface area contributed by atoms with E-state index < -0.39 is 52.5 Å². The number of carbonyl (C=O) groups excluding carboxylic acids is 2. The maximum absolute atomic E-state index is 14.2. The molecule has 44 heavy (non-hydrogen) atoms. The van der Waals surface area contributed by atoms with Gasteiger partial charge < -0.3 is 25.0 Å². The van der Waals surface area contributed by atoms with Crippen molar-refractivity contribution in [2.45, 2.75) is 62.7 Å². The fourth-order valence-corrected chi connectivity index (χ4v) is 7.94. The van der Waals surface area contributed by atoms with Gasteiger partial charge >= 0.3 is 0 Å². The van der Waals surface area contributed by atoms with Gasteiger partial charge in [-0.15, -0.1) is 0 Å². The minimum atomic E-state index is -3.78. The summed E-state index contributed by atoms with van der Waals surface area (Å²) in [6, 6.07) is 8.02. The molecule has 2 aromatic carbocycles. The maximum Gasteiger partial charge on any atom is 0.257 e. The molecule has 10 nitrogen and oxygen atoms in total. The summed E-state index contributed by atoms with van der Waals surface area (Å²) in [4.78, 5) is 30.9. The highest BCUT2D eigenvalue weighted by molar-refractivity contribution is 7.92. The third-order valence-electron chi connectivity index (χ3n) is 9.95. The Morgan fingerprint density at radius 3 is 2.30 bits per heavy atom. The number of hydrogen-bond acceptors (Lipinski definition) is 7. The highest BCUT2D eigenvalue weighted by atomic mass is 32.2. The van der Waals surface area contributed by atoms with Crippen molar-refractivity contribution in [2.24, 2.45) is 5.41 Å². The third kappa shape index (κ3) is 5.48. The van der Waals surface area contributed by atoms with Crippen LogP contribution in [-0.4, -0.2) is 70.9 Å². The topological polar surface area (TPSA) is 128 Å².